The highest BCUT2D eigenvalue weighted by Gasteiger charge is 2.25. The molecule has 5 heteroatoms. The molecule has 0 aromatic rings. The summed E-state index contributed by atoms with van der Waals surface area (Å²) in [7, 11) is 1.60. The minimum Gasteiger partial charge on any atom is -0.371 e. The smallest absolute Gasteiger partial charge is 0.245 e. The van der Waals surface area contributed by atoms with Crippen LogP contribution in [0, 0.1) is 5.41 Å². The zero-order valence-electron chi connectivity index (χ0n) is 13.6. The summed E-state index contributed by atoms with van der Waals surface area (Å²) in [5.41, 5.74) is 3.05. The summed E-state index contributed by atoms with van der Waals surface area (Å²) in [6.07, 6.45) is 6.05. The summed E-state index contributed by atoms with van der Waals surface area (Å²) in [5.74, 6) is -0.125. The fraction of sp³-hybridized carbons (Fsp3) is 0.500. The van der Waals surface area contributed by atoms with Crippen molar-refractivity contribution >= 4 is 12.6 Å². The Bertz CT molecular complexity index is 498. The van der Waals surface area contributed by atoms with Crippen LogP contribution in [0.25, 0.3) is 0 Å². The number of likely N-dealkylation sites (N-methyl/N-ethyl adjacent to an activating group) is 1. The van der Waals surface area contributed by atoms with Gasteiger partial charge in [-0.2, -0.15) is 5.10 Å². The number of amides is 1. The number of hydrogen-bond acceptors (Lipinski definition) is 4. The zero-order chi connectivity index (χ0) is 16.0. The molecule has 1 aliphatic rings. The molecule has 116 valence electrons. The van der Waals surface area contributed by atoms with E-state index in [1.807, 2.05) is 26.1 Å². The van der Waals surface area contributed by atoms with E-state index < -0.39 is 0 Å². The van der Waals surface area contributed by atoms with Gasteiger partial charge in [-0.05, 0) is 25.5 Å². The molecule has 1 rings (SSSR count). The number of nitrogens with zero attached hydrogens (tertiary/aromatic N) is 2. The largest absolute Gasteiger partial charge is 0.371 e. The molecule has 0 saturated carbocycles. The fourth-order valence-electron chi connectivity index (χ4n) is 1.96. The van der Waals surface area contributed by atoms with Crippen molar-refractivity contribution in [2.45, 2.75) is 27.7 Å². The van der Waals surface area contributed by atoms with Crippen molar-refractivity contribution in [3.8, 4) is 0 Å². The Labute approximate surface area is 127 Å². The lowest BCUT2D eigenvalue weighted by Gasteiger charge is -2.31. The standard InChI is InChI=1S/C16H25N3O2/c1-12(2)14-8-7-13(9-19(14)18-6)16(3,4)11-21-10-15(20)17-5/h7-9H,6,10-11H2,1-5H3,(H,17,20). The molecule has 1 amide bonds. The maximum Gasteiger partial charge on any atom is 0.245 e. The number of rotatable bonds is 6. The number of nitrogens with one attached hydrogen (secondary N) is 1. The Morgan fingerprint density at radius 1 is 1.43 bits per heavy atom. The van der Waals surface area contributed by atoms with Crippen molar-refractivity contribution in [3.05, 3.63) is 35.2 Å². The van der Waals surface area contributed by atoms with E-state index in [1.165, 1.54) is 5.57 Å². The average molecular weight is 291 g/mol. The quantitative estimate of drug-likeness (QED) is 0.765. The van der Waals surface area contributed by atoms with Gasteiger partial charge in [0.15, 0.2) is 0 Å². The highest BCUT2D eigenvalue weighted by Crippen LogP contribution is 2.32. The molecule has 0 fully saturated rings. The highest BCUT2D eigenvalue weighted by molar-refractivity contribution is 5.76. The number of ether oxygens (including phenoxy) is 1. The van der Waals surface area contributed by atoms with Crippen molar-refractivity contribution in [1.29, 1.82) is 0 Å². The van der Waals surface area contributed by atoms with E-state index in [-0.39, 0.29) is 17.9 Å². The van der Waals surface area contributed by atoms with Gasteiger partial charge in [0.1, 0.15) is 6.61 Å². The lowest BCUT2D eigenvalue weighted by Crippen LogP contribution is -2.29. The topological polar surface area (TPSA) is 53.9 Å². The van der Waals surface area contributed by atoms with Crippen LogP contribution in [0.1, 0.15) is 27.7 Å². The molecule has 0 spiro atoms. The molecule has 0 aromatic carbocycles. The van der Waals surface area contributed by atoms with E-state index in [2.05, 4.69) is 37.1 Å². The Balaban J connectivity index is 2.80. The molecule has 0 radical (unpaired) electrons. The lowest BCUT2D eigenvalue weighted by molar-refractivity contribution is -0.125. The predicted molar refractivity (Wildman–Crippen MR) is 85.7 cm³/mol. The number of hydrogen-bond donors (Lipinski definition) is 1. The third-order valence-electron chi connectivity index (χ3n) is 3.35. The van der Waals surface area contributed by atoms with Gasteiger partial charge in [-0.25, -0.2) is 5.01 Å². The molecule has 0 atom stereocenters. The molecular formula is C16H25N3O2. The first-order valence-corrected chi connectivity index (χ1v) is 6.94. The van der Waals surface area contributed by atoms with Crippen LogP contribution in [0.3, 0.4) is 0 Å². The van der Waals surface area contributed by atoms with Crippen LogP contribution in [0.15, 0.2) is 40.3 Å². The molecule has 21 heavy (non-hydrogen) atoms. The molecule has 1 aliphatic heterocycles. The molecule has 0 aromatic heterocycles. The molecule has 5 nitrogen and oxygen atoms in total. The van der Waals surface area contributed by atoms with Gasteiger partial charge in [0.25, 0.3) is 0 Å². The van der Waals surface area contributed by atoms with Gasteiger partial charge in [0.2, 0.25) is 5.91 Å². The van der Waals surface area contributed by atoms with Gasteiger partial charge in [-0.1, -0.05) is 25.5 Å². The lowest BCUT2D eigenvalue weighted by atomic mass is 9.84. The Morgan fingerprint density at radius 3 is 2.62 bits per heavy atom. The molecule has 1 N–H and O–H groups in total. The minimum absolute atomic E-state index is 0.0690. The van der Waals surface area contributed by atoms with Crippen molar-refractivity contribution in [2.75, 3.05) is 20.3 Å². The second-order valence-corrected chi connectivity index (χ2v) is 5.84. The van der Waals surface area contributed by atoms with Crippen molar-refractivity contribution in [2.24, 2.45) is 10.5 Å². The Morgan fingerprint density at radius 2 is 2.10 bits per heavy atom. The third-order valence-corrected chi connectivity index (χ3v) is 3.35. The summed E-state index contributed by atoms with van der Waals surface area (Å²) in [6, 6.07) is 0. The fourth-order valence-corrected chi connectivity index (χ4v) is 1.96. The molecule has 0 aliphatic carbocycles. The summed E-state index contributed by atoms with van der Waals surface area (Å²) in [6.45, 7) is 12.3. The van der Waals surface area contributed by atoms with E-state index in [9.17, 15) is 4.79 Å². The Kier molecular flexibility index (Phi) is 5.90. The first-order valence-electron chi connectivity index (χ1n) is 6.94. The minimum atomic E-state index is -0.222. The maximum atomic E-state index is 11.2. The summed E-state index contributed by atoms with van der Waals surface area (Å²) >= 11 is 0. The molecule has 0 bridgehead atoms. The summed E-state index contributed by atoms with van der Waals surface area (Å²) in [4.78, 5) is 11.2. The number of carbonyl (C=O) groups is 1. The van der Waals surface area contributed by atoms with Crippen LogP contribution in [0.5, 0.6) is 0 Å². The average Bonchev–Trinajstić information content (AvgIpc) is 2.45. The number of allylic oxidation sites excluding steroid dienone is 3. The number of hydrazone groups is 1. The van der Waals surface area contributed by atoms with E-state index in [4.69, 9.17) is 4.74 Å². The van der Waals surface area contributed by atoms with Crippen LogP contribution in [-0.4, -0.2) is 37.9 Å². The monoisotopic (exact) mass is 291 g/mol. The van der Waals surface area contributed by atoms with E-state index >= 15 is 0 Å². The van der Waals surface area contributed by atoms with Gasteiger partial charge >= 0.3 is 0 Å². The van der Waals surface area contributed by atoms with Crippen LogP contribution < -0.4 is 5.32 Å². The normalized spacial score (nSPS) is 14.8. The van der Waals surface area contributed by atoms with Crippen LogP contribution in [0.4, 0.5) is 0 Å². The second-order valence-electron chi connectivity index (χ2n) is 5.84. The van der Waals surface area contributed by atoms with Gasteiger partial charge in [-0.15, -0.1) is 0 Å². The maximum absolute atomic E-state index is 11.2. The third kappa shape index (κ3) is 4.56. The van der Waals surface area contributed by atoms with Gasteiger partial charge in [-0.3, -0.25) is 4.79 Å². The van der Waals surface area contributed by atoms with Gasteiger partial charge < -0.3 is 10.1 Å². The summed E-state index contributed by atoms with van der Waals surface area (Å²) < 4.78 is 5.48. The van der Waals surface area contributed by atoms with E-state index in [0.29, 0.717) is 6.61 Å². The molecular weight excluding hydrogens is 266 g/mol. The second kappa shape index (κ2) is 7.22. The number of carbonyl (C=O) groups excluding carboxylic acids is 1. The van der Waals surface area contributed by atoms with Gasteiger partial charge in [0.05, 0.1) is 12.3 Å². The molecule has 0 saturated heterocycles. The van der Waals surface area contributed by atoms with Crippen molar-refractivity contribution in [1.82, 2.24) is 10.3 Å². The van der Waals surface area contributed by atoms with Crippen molar-refractivity contribution < 1.29 is 9.53 Å². The highest BCUT2D eigenvalue weighted by atomic mass is 16.5. The van der Waals surface area contributed by atoms with Crippen LogP contribution >= 0.6 is 0 Å². The van der Waals surface area contributed by atoms with Crippen LogP contribution in [-0.2, 0) is 9.53 Å². The first-order chi connectivity index (χ1) is 9.81. The van der Waals surface area contributed by atoms with Crippen LogP contribution in [0.2, 0.25) is 0 Å². The predicted octanol–water partition coefficient (Wildman–Crippen LogP) is 2.44. The van der Waals surface area contributed by atoms with Crippen molar-refractivity contribution in [3.63, 3.8) is 0 Å². The molecule has 1 heterocycles. The van der Waals surface area contributed by atoms with E-state index in [0.717, 1.165) is 11.3 Å². The molecule has 0 unspecified atom stereocenters. The SMILES string of the molecule is C=NN1C=C(C(C)(C)COCC(=O)NC)C=CC1=C(C)C. The summed E-state index contributed by atoms with van der Waals surface area (Å²) in [5, 5.41) is 8.33. The first kappa shape index (κ1) is 17.2. The van der Waals surface area contributed by atoms with E-state index in [1.54, 1.807) is 12.1 Å². The zero-order valence-corrected chi connectivity index (χ0v) is 13.6. The Hall–Kier alpha value is -1.88. The van der Waals surface area contributed by atoms with Gasteiger partial charge in [0, 0.05) is 25.4 Å².